The van der Waals surface area contributed by atoms with Gasteiger partial charge < -0.3 is 9.84 Å². The van der Waals surface area contributed by atoms with E-state index in [1.54, 1.807) is 0 Å². The van der Waals surface area contributed by atoms with Crippen molar-refractivity contribution in [2.75, 3.05) is 19.7 Å². The van der Waals surface area contributed by atoms with Gasteiger partial charge in [0.2, 0.25) is 0 Å². The number of carbonyl (C=O) groups is 1. The number of piperidine rings is 1. The number of rotatable bonds is 5. The van der Waals surface area contributed by atoms with Crippen LogP contribution in [0.4, 0.5) is 0 Å². The van der Waals surface area contributed by atoms with Gasteiger partial charge in [-0.25, -0.2) is 0 Å². The lowest BCUT2D eigenvalue weighted by atomic mass is 9.92. The molecule has 0 spiro atoms. The normalized spacial score (nSPS) is 23.5. The lowest BCUT2D eigenvalue weighted by molar-refractivity contribution is -0.144. The fourth-order valence-corrected chi connectivity index (χ4v) is 2.76. The largest absolute Gasteiger partial charge is 0.492 e. The Morgan fingerprint density at radius 2 is 2.30 bits per heavy atom. The quantitative estimate of drug-likeness (QED) is 0.898. The average molecular weight is 277 g/mol. The van der Waals surface area contributed by atoms with Crippen molar-refractivity contribution in [2.24, 2.45) is 5.92 Å². The van der Waals surface area contributed by atoms with Crippen molar-refractivity contribution in [3.63, 3.8) is 0 Å². The van der Waals surface area contributed by atoms with E-state index in [9.17, 15) is 4.79 Å². The lowest BCUT2D eigenvalue weighted by Gasteiger charge is -2.36. The van der Waals surface area contributed by atoms with Gasteiger partial charge in [0.05, 0.1) is 5.92 Å². The molecular formula is C16H23NO3. The van der Waals surface area contributed by atoms with Gasteiger partial charge in [0.1, 0.15) is 12.4 Å². The molecule has 0 aromatic heterocycles. The molecule has 1 fully saturated rings. The number of carboxylic acids is 1. The molecule has 1 heterocycles. The summed E-state index contributed by atoms with van der Waals surface area (Å²) in [6.45, 7) is 6.48. The average Bonchev–Trinajstić information content (AvgIpc) is 2.40. The van der Waals surface area contributed by atoms with Crippen LogP contribution in [0.1, 0.15) is 25.3 Å². The molecule has 1 aromatic carbocycles. The van der Waals surface area contributed by atoms with Gasteiger partial charge in [-0.05, 0) is 50.9 Å². The fraction of sp³-hybridized carbons (Fsp3) is 0.562. The Kier molecular flexibility index (Phi) is 5.01. The van der Waals surface area contributed by atoms with Crippen LogP contribution < -0.4 is 4.74 Å². The smallest absolute Gasteiger partial charge is 0.306 e. The molecule has 4 heteroatoms. The van der Waals surface area contributed by atoms with Crippen molar-refractivity contribution in [1.29, 1.82) is 0 Å². The second kappa shape index (κ2) is 6.75. The van der Waals surface area contributed by atoms with Crippen LogP contribution >= 0.6 is 0 Å². The maximum atomic E-state index is 11.0. The molecular weight excluding hydrogens is 254 g/mol. The minimum Gasteiger partial charge on any atom is -0.492 e. The summed E-state index contributed by atoms with van der Waals surface area (Å²) in [5.41, 5.74) is 1.19. The number of likely N-dealkylation sites (tertiary alicyclic amines) is 1. The zero-order chi connectivity index (χ0) is 14.5. The van der Waals surface area contributed by atoms with Crippen LogP contribution in [-0.4, -0.2) is 41.7 Å². The van der Waals surface area contributed by atoms with Crippen LogP contribution in [0.2, 0.25) is 0 Å². The summed E-state index contributed by atoms with van der Waals surface area (Å²) >= 11 is 0. The van der Waals surface area contributed by atoms with Crippen molar-refractivity contribution < 1.29 is 14.6 Å². The van der Waals surface area contributed by atoms with E-state index in [0.29, 0.717) is 12.6 Å². The van der Waals surface area contributed by atoms with Crippen molar-refractivity contribution in [1.82, 2.24) is 4.90 Å². The summed E-state index contributed by atoms with van der Waals surface area (Å²) in [7, 11) is 0. The summed E-state index contributed by atoms with van der Waals surface area (Å²) in [4.78, 5) is 13.3. The number of aliphatic carboxylic acids is 1. The number of hydrogen-bond donors (Lipinski definition) is 1. The Bertz CT molecular complexity index is 461. The number of carboxylic acid groups (broad SMARTS) is 1. The predicted octanol–water partition coefficient (Wildman–Crippen LogP) is 2.56. The molecule has 110 valence electrons. The minimum atomic E-state index is -0.660. The Hall–Kier alpha value is -1.55. The summed E-state index contributed by atoms with van der Waals surface area (Å²) in [6.07, 6.45) is 1.48. The molecule has 20 heavy (non-hydrogen) atoms. The van der Waals surface area contributed by atoms with Crippen molar-refractivity contribution >= 4 is 5.97 Å². The molecule has 1 saturated heterocycles. The van der Waals surface area contributed by atoms with E-state index >= 15 is 0 Å². The molecule has 4 nitrogen and oxygen atoms in total. The Morgan fingerprint density at radius 3 is 2.95 bits per heavy atom. The molecule has 1 N–H and O–H groups in total. The van der Waals surface area contributed by atoms with E-state index < -0.39 is 5.97 Å². The highest BCUT2D eigenvalue weighted by Gasteiger charge is 2.29. The van der Waals surface area contributed by atoms with E-state index in [-0.39, 0.29) is 5.92 Å². The highest BCUT2D eigenvalue weighted by molar-refractivity contribution is 5.70. The van der Waals surface area contributed by atoms with Crippen LogP contribution in [0.15, 0.2) is 24.3 Å². The molecule has 2 atom stereocenters. The molecule has 2 rings (SSSR count). The number of hydrogen-bond acceptors (Lipinski definition) is 3. The second-order valence-corrected chi connectivity index (χ2v) is 5.61. The molecule has 1 aromatic rings. The van der Waals surface area contributed by atoms with Gasteiger partial charge in [0.15, 0.2) is 0 Å². The van der Waals surface area contributed by atoms with Gasteiger partial charge >= 0.3 is 5.97 Å². The van der Waals surface area contributed by atoms with Crippen LogP contribution in [0.25, 0.3) is 0 Å². The number of ether oxygens (including phenoxy) is 1. The van der Waals surface area contributed by atoms with E-state index in [2.05, 4.69) is 11.8 Å². The Labute approximate surface area is 120 Å². The topological polar surface area (TPSA) is 49.8 Å². The van der Waals surface area contributed by atoms with Crippen molar-refractivity contribution in [2.45, 2.75) is 32.7 Å². The Balaban J connectivity index is 1.76. The van der Waals surface area contributed by atoms with Gasteiger partial charge in [-0.2, -0.15) is 0 Å². The lowest BCUT2D eigenvalue weighted by Crippen LogP contribution is -2.44. The third-order valence-corrected chi connectivity index (χ3v) is 4.00. The van der Waals surface area contributed by atoms with Crippen LogP contribution in [-0.2, 0) is 4.79 Å². The monoisotopic (exact) mass is 277 g/mol. The number of benzene rings is 1. The number of aryl methyl sites for hydroxylation is 1. The molecule has 0 saturated carbocycles. The van der Waals surface area contributed by atoms with Gasteiger partial charge in [0, 0.05) is 12.6 Å². The van der Waals surface area contributed by atoms with Gasteiger partial charge in [-0.3, -0.25) is 9.69 Å². The molecule has 2 unspecified atom stereocenters. The van der Waals surface area contributed by atoms with Gasteiger partial charge in [0.25, 0.3) is 0 Å². The standard InChI is InChI=1S/C16H23NO3/c1-12-4-3-5-15(10-12)20-9-8-17-7-6-14(16(18)19)11-13(17)2/h3-5,10,13-14H,6-9,11H2,1-2H3,(H,18,19). The van der Waals surface area contributed by atoms with E-state index in [0.717, 1.165) is 31.7 Å². The molecule has 0 radical (unpaired) electrons. The van der Waals surface area contributed by atoms with Crippen molar-refractivity contribution in [3.8, 4) is 5.75 Å². The predicted molar refractivity (Wildman–Crippen MR) is 78.1 cm³/mol. The first kappa shape index (κ1) is 14.9. The van der Waals surface area contributed by atoms with Crippen LogP contribution in [0.3, 0.4) is 0 Å². The first-order valence-corrected chi connectivity index (χ1v) is 7.22. The summed E-state index contributed by atoms with van der Waals surface area (Å²) < 4.78 is 5.75. The zero-order valence-corrected chi connectivity index (χ0v) is 12.2. The summed E-state index contributed by atoms with van der Waals surface area (Å²) in [5, 5.41) is 9.05. The fourth-order valence-electron chi connectivity index (χ4n) is 2.76. The van der Waals surface area contributed by atoms with Crippen LogP contribution in [0, 0.1) is 12.8 Å². The molecule has 0 bridgehead atoms. The van der Waals surface area contributed by atoms with Gasteiger partial charge in [-0.1, -0.05) is 12.1 Å². The van der Waals surface area contributed by atoms with E-state index in [4.69, 9.17) is 9.84 Å². The summed E-state index contributed by atoms with van der Waals surface area (Å²) in [5.74, 6) is 0.0597. The summed E-state index contributed by atoms with van der Waals surface area (Å²) in [6, 6.07) is 8.34. The molecule has 1 aliphatic heterocycles. The third-order valence-electron chi connectivity index (χ3n) is 4.00. The first-order chi connectivity index (χ1) is 9.56. The van der Waals surface area contributed by atoms with Gasteiger partial charge in [-0.15, -0.1) is 0 Å². The SMILES string of the molecule is Cc1cccc(OCCN2CCC(C(=O)O)CC2C)c1. The maximum Gasteiger partial charge on any atom is 0.306 e. The van der Waals surface area contributed by atoms with Crippen molar-refractivity contribution in [3.05, 3.63) is 29.8 Å². The highest BCUT2D eigenvalue weighted by atomic mass is 16.5. The molecule has 0 amide bonds. The molecule has 0 aliphatic carbocycles. The molecule has 1 aliphatic rings. The minimum absolute atomic E-state index is 0.182. The zero-order valence-electron chi connectivity index (χ0n) is 12.2. The second-order valence-electron chi connectivity index (χ2n) is 5.61. The maximum absolute atomic E-state index is 11.0. The third kappa shape index (κ3) is 3.97. The van der Waals surface area contributed by atoms with Crippen LogP contribution in [0.5, 0.6) is 5.75 Å². The number of nitrogens with zero attached hydrogens (tertiary/aromatic N) is 1. The first-order valence-electron chi connectivity index (χ1n) is 7.22. The highest BCUT2D eigenvalue weighted by Crippen LogP contribution is 2.22. The van der Waals surface area contributed by atoms with E-state index in [1.807, 2.05) is 31.2 Å². The Morgan fingerprint density at radius 1 is 1.50 bits per heavy atom. The van der Waals surface area contributed by atoms with E-state index in [1.165, 1.54) is 5.56 Å².